The highest BCUT2D eigenvalue weighted by atomic mass is 35.5. The molecule has 4 heteroatoms. The first kappa shape index (κ1) is 19.2. The summed E-state index contributed by atoms with van der Waals surface area (Å²) in [5.74, 6) is 0.410. The number of hydrogen-bond donors (Lipinski definition) is 1. The van der Waals surface area contributed by atoms with Crippen molar-refractivity contribution in [3.8, 4) is 0 Å². The van der Waals surface area contributed by atoms with Gasteiger partial charge in [0, 0.05) is 0 Å². The lowest BCUT2D eigenvalue weighted by Gasteiger charge is -2.27. The summed E-state index contributed by atoms with van der Waals surface area (Å²) in [5, 5.41) is 9.20. The van der Waals surface area contributed by atoms with Crippen LogP contribution in [0.4, 0.5) is 0 Å². The first-order valence-electron chi connectivity index (χ1n) is 7.82. The van der Waals surface area contributed by atoms with Crippen molar-refractivity contribution in [2.75, 3.05) is 45.9 Å². The van der Waals surface area contributed by atoms with Crippen LogP contribution in [0.3, 0.4) is 0 Å². The van der Waals surface area contributed by atoms with Gasteiger partial charge in [-0.2, -0.15) is 0 Å². The summed E-state index contributed by atoms with van der Waals surface area (Å²) in [6, 6.07) is 0. The van der Waals surface area contributed by atoms with Crippen molar-refractivity contribution in [1.29, 1.82) is 0 Å². The molecule has 0 fully saturated rings. The van der Waals surface area contributed by atoms with Crippen LogP contribution in [0.15, 0.2) is 0 Å². The zero-order valence-electron chi connectivity index (χ0n) is 13.2. The minimum absolute atomic E-state index is 0.0860. The van der Waals surface area contributed by atoms with Gasteiger partial charge in [0.1, 0.15) is 0 Å². The lowest BCUT2D eigenvalue weighted by molar-refractivity contribution is 0.206. The Morgan fingerprint density at radius 3 is 1.47 bits per heavy atom. The van der Waals surface area contributed by atoms with E-state index in [4.69, 9.17) is 11.6 Å². The van der Waals surface area contributed by atoms with E-state index >= 15 is 0 Å². The van der Waals surface area contributed by atoms with E-state index in [1.165, 1.54) is 0 Å². The SMILES string of the molecule is CCN(CC)CCC(CCN(CC)CC)C(Cl)CO. The van der Waals surface area contributed by atoms with Gasteiger partial charge in [-0.05, 0) is 58.0 Å². The third-order valence-corrected chi connectivity index (χ3v) is 4.60. The molecule has 116 valence electrons. The summed E-state index contributed by atoms with van der Waals surface area (Å²) in [7, 11) is 0. The van der Waals surface area contributed by atoms with E-state index in [0.717, 1.165) is 52.1 Å². The Bertz CT molecular complexity index is 181. The molecule has 0 aromatic heterocycles. The van der Waals surface area contributed by atoms with Gasteiger partial charge in [-0.15, -0.1) is 11.6 Å². The first-order valence-corrected chi connectivity index (χ1v) is 8.25. The largest absolute Gasteiger partial charge is 0.395 e. The standard InChI is InChI=1S/C15H33ClN2O/c1-5-17(6-2)11-9-14(15(16)13-19)10-12-18(7-3)8-4/h14-15,19H,5-13H2,1-4H3. The van der Waals surface area contributed by atoms with Gasteiger partial charge < -0.3 is 14.9 Å². The van der Waals surface area contributed by atoms with Crippen LogP contribution in [0, 0.1) is 5.92 Å². The molecule has 0 heterocycles. The maximum Gasteiger partial charge on any atom is 0.0597 e. The molecule has 0 aliphatic rings. The van der Waals surface area contributed by atoms with Crippen LogP contribution in [0.1, 0.15) is 40.5 Å². The second-order valence-electron chi connectivity index (χ2n) is 5.09. The fourth-order valence-electron chi connectivity index (χ4n) is 2.43. The van der Waals surface area contributed by atoms with E-state index in [2.05, 4.69) is 37.5 Å². The predicted molar refractivity (Wildman–Crippen MR) is 85.0 cm³/mol. The lowest BCUT2D eigenvalue weighted by atomic mass is 9.96. The third kappa shape index (κ3) is 8.13. The molecule has 1 N–H and O–H groups in total. The van der Waals surface area contributed by atoms with Gasteiger partial charge in [0.2, 0.25) is 0 Å². The number of rotatable bonds is 12. The Labute approximate surface area is 124 Å². The van der Waals surface area contributed by atoms with E-state index in [0.29, 0.717) is 5.92 Å². The molecular weight excluding hydrogens is 260 g/mol. The number of alkyl halides is 1. The number of aliphatic hydroxyl groups is 1. The molecule has 0 amide bonds. The molecule has 0 radical (unpaired) electrons. The van der Waals surface area contributed by atoms with Crippen molar-refractivity contribution in [1.82, 2.24) is 9.80 Å². The smallest absolute Gasteiger partial charge is 0.0597 e. The molecule has 0 aromatic carbocycles. The van der Waals surface area contributed by atoms with E-state index in [9.17, 15) is 5.11 Å². The normalized spacial score (nSPS) is 13.7. The molecule has 0 bridgehead atoms. The minimum Gasteiger partial charge on any atom is -0.395 e. The van der Waals surface area contributed by atoms with Crippen molar-refractivity contribution >= 4 is 11.6 Å². The van der Waals surface area contributed by atoms with Gasteiger partial charge in [-0.3, -0.25) is 0 Å². The summed E-state index contributed by atoms with van der Waals surface area (Å²) < 4.78 is 0. The molecule has 19 heavy (non-hydrogen) atoms. The summed E-state index contributed by atoms with van der Waals surface area (Å²) in [6.07, 6.45) is 2.16. The van der Waals surface area contributed by atoms with Crippen LogP contribution >= 0.6 is 11.6 Å². The fourth-order valence-corrected chi connectivity index (χ4v) is 2.68. The average Bonchev–Trinajstić information content (AvgIpc) is 2.46. The first-order chi connectivity index (χ1) is 9.12. The lowest BCUT2D eigenvalue weighted by Crippen LogP contribution is -2.32. The van der Waals surface area contributed by atoms with Crippen molar-refractivity contribution in [2.24, 2.45) is 5.92 Å². The Balaban J connectivity index is 4.22. The van der Waals surface area contributed by atoms with Gasteiger partial charge in [0.05, 0.1) is 12.0 Å². The van der Waals surface area contributed by atoms with Crippen LogP contribution in [0.25, 0.3) is 0 Å². The van der Waals surface area contributed by atoms with Crippen LogP contribution in [-0.4, -0.2) is 66.2 Å². The third-order valence-electron chi connectivity index (χ3n) is 4.11. The number of hydrogen-bond acceptors (Lipinski definition) is 3. The topological polar surface area (TPSA) is 26.7 Å². The van der Waals surface area contributed by atoms with E-state index in [-0.39, 0.29) is 12.0 Å². The second kappa shape index (κ2) is 12.0. The number of aliphatic hydroxyl groups excluding tert-OH is 1. The molecule has 0 aliphatic carbocycles. The molecule has 3 nitrogen and oxygen atoms in total. The molecule has 1 atom stereocenters. The molecule has 0 spiro atoms. The Morgan fingerprint density at radius 2 is 1.21 bits per heavy atom. The highest BCUT2D eigenvalue weighted by molar-refractivity contribution is 6.20. The van der Waals surface area contributed by atoms with Crippen LogP contribution in [-0.2, 0) is 0 Å². The highest BCUT2D eigenvalue weighted by Crippen LogP contribution is 2.20. The molecule has 1 unspecified atom stereocenters. The summed E-state index contributed by atoms with van der Waals surface area (Å²) in [5.41, 5.74) is 0. The van der Waals surface area contributed by atoms with E-state index < -0.39 is 0 Å². The molecule has 0 rings (SSSR count). The predicted octanol–water partition coefficient (Wildman–Crippen LogP) is 2.67. The number of nitrogens with zero attached hydrogens (tertiary/aromatic N) is 2. The van der Waals surface area contributed by atoms with E-state index in [1.807, 2.05) is 0 Å². The Morgan fingerprint density at radius 1 is 0.842 bits per heavy atom. The molecule has 0 saturated heterocycles. The van der Waals surface area contributed by atoms with Crippen LogP contribution in [0.2, 0.25) is 0 Å². The van der Waals surface area contributed by atoms with E-state index in [1.54, 1.807) is 0 Å². The van der Waals surface area contributed by atoms with Gasteiger partial charge in [0.25, 0.3) is 0 Å². The molecule has 0 aliphatic heterocycles. The van der Waals surface area contributed by atoms with Gasteiger partial charge >= 0.3 is 0 Å². The zero-order valence-corrected chi connectivity index (χ0v) is 14.0. The van der Waals surface area contributed by atoms with Gasteiger partial charge in [-0.1, -0.05) is 27.7 Å². The zero-order chi connectivity index (χ0) is 14.7. The molecule has 0 saturated carbocycles. The van der Waals surface area contributed by atoms with Gasteiger partial charge in [0.15, 0.2) is 0 Å². The monoisotopic (exact) mass is 292 g/mol. The minimum atomic E-state index is -0.105. The summed E-state index contributed by atoms with van der Waals surface area (Å²) >= 11 is 6.28. The fraction of sp³-hybridized carbons (Fsp3) is 1.00. The number of halogens is 1. The molecular formula is C15H33ClN2O. The van der Waals surface area contributed by atoms with Crippen LogP contribution < -0.4 is 0 Å². The van der Waals surface area contributed by atoms with Crippen LogP contribution in [0.5, 0.6) is 0 Å². The van der Waals surface area contributed by atoms with Crippen molar-refractivity contribution in [3.63, 3.8) is 0 Å². The maximum absolute atomic E-state index is 9.31. The van der Waals surface area contributed by atoms with Crippen molar-refractivity contribution in [3.05, 3.63) is 0 Å². The maximum atomic E-state index is 9.31. The average molecular weight is 293 g/mol. The van der Waals surface area contributed by atoms with Crippen molar-refractivity contribution in [2.45, 2.75) is 45.9 Å². The van der Waals surface area contributed by atoms with Crippen molar-refractivity contribution < 1.29 is 5.11 Å². The highest BCUT2D eigenvalue weighted by Gasteiger charge is 2.19. The summed E-state index contributed by atoms with van der Waals surface area (Å²) in [6.45, 7) is 15.4. The quantitative estimate of drug-likeness (QED) is 0.560. The molecule has 0 aromatic rings. The van der Waals surface area contributed by atoms with Gasteiger partial charge in [-0.25, -0.2) is 0 Å². The second-order valence-corrected chi connectivity index (χ2v) is 5.65. The Kier molecular flexibility index (Phi) is 12.1. The summed E-state index contributed by atoms with van der Waals surface area (Å²) in [4.78, 5) is 4.84. The Hall–Kier alpha value is 0.170.